The van der Waals surface area contributed by atoms with Gasteiger partial charge in [-0.05, 0) is 77.4 Å². The Morgan fingerprint density at radius 1 is 1.16 bits per heavy atom. The molecule has 4 N–H and O–H groups in total. The number of carbonyl (C=O) groups is 2. The minimum absolute atomic E-state index is 0.0798. The number of nitrogens with one attached hydrogen (secondary N) is 2. The number of rotatable bonds is 13. The molecule has 4 aromatic rings. The van der Waals surface area contributed by atoms with Crippen molar-refractivity contribution >= 4 is 73.2 Å². The molecule has 0 bridgehead atoms. The topological polar surface area (TPSA) is 229 Å². The molecule has 0 fully saturated rings. The number of nitrogen functional groups attached to an aromatic ring is 1. The second kappa shape index (κ2) is 14.2. The summed E-state index contributed by atoms with van der Waals surface area (Å²) in [5.74, 6) is 0.465. The van der Waals surface area contributed by atoms with E-state index >= 15 is 0 Å². The number of nitrogens with two attached hydrogens (primary N) is 1. The minimum Gasteiger partial charge on any atom is -0.454 e. The third kappa shape index (κ3) is 7.67. The number of carbonyl (C=O) groups excluding carboxylic acids is 2. The maximum Gasteiger partial charge on any atom is 0.264 e. The zero-order valence-electron chi connectivity index (χ0n) is 23.3. The number of hydrogen-bond donors (Lipinski definition) is 3. The highest BCUT2D eigenvalue weighted by Gasteiger charge is 2.21. The number of benzene rings is 2. The second-order valence-corrected chi connectivity index (χ2v) is 13.3. The monoisotopic (exact) mass is 764 g/mol. The highest BCUT2D eigenvalue weighted by atomic mass is 127. The Labute approximate surface area is 274 Å². The minimum atomic E-state index is -4.12. The molecule has 3 heterocycles. The first kappa shape index (κ1) is 32.1. The van der Waals surface area contributed by atoms with Crippen molar-refractivity contribution in [3.63, 3.8) is 0 Å². The van der Waals surface area contributed by atoms with Crippen molar-refractivity contribution in [2.45, 2.75) is 40.8 Å². The molecule has 2 amide bonds. The van der Waals surface area contributed by atoms with Gasteiger partial charge in [0.15, 0.2) is 33.6 Å². The van der Waals surface area contributed by atoms with Gasteiger partial charge >= 0.3 is 0 Å². The lowest BCUT2D eigenvalue weighted by molar-refractivity contribution is -0.119. The average molecular weight is 765 g/mol. The molecule has 2 aromatic heterocycles. The van der Waals surface area contributed by atoms with E-state index in [1.807, 2.05) is 21.4 Å². The molecule has 1 aliphatic rings. The molecule has 2 aromatic carbocycles. The van der Waals surface area contributed by atoms with Crippen LogP contribution >= 0.6 is 34.4 Å². The third-order valence-electron chi connectivity index (χ3n) is 6.40. The summed E-state index contributed by atoms with van der Waals surface area (Å²) in [6, 6.07) is 9.01. The molecule has 0 atom stereocenters. The summed E-state index contributed by atoms with van der Waals surface area (Å²) in [7, 11) is -4.12. The van der Waals surface area contributed by atoms with Gasteiger partial charge in [-0.25, -0.2) is 28.1 Å². The first-order chi connectivity index (χ1) is 21.7. The van der Waals surface area contributed by atoms with Crippen LogP contribution in [-0.2, 0) is 21.4 Å². The maximum atomic E-state index is 12.8. The van der Waals surface area contributed by atoms with Crippen LogP contribution in [0.4, 0.5) is 5.82 Å². The van der Waals surface area contributed by atoms with Crippen LogP contribution in [0.2, 0.25) is 0 Å². The summed E-state index contributed by atoms with van der Waals surface area (Å²) in [6.07, 6.45) is 1.98. The molecule has 16 nitrogen and oxygen atoms in total. The van der Waals surface area contributed by atoms with Crippen molar-refractivity contribution in [2.75, 3.05) is 25.6 Å². The van der Waals surface area contributed by atoms with Crippen molar-refractivity contribution < 1.29 is 27.5 Å². The van der Waals surface area contributed by atoms with Crippen LogP contribution in [0, 0.1) is 3.57 Å². The standard InChI is InChI=1S/C26H25IN10O6S2/c27-17-11-18-19(43-14-42-18)12-20(17)44-26-34-22-23(28)31-13-32-24(22)37(26)10-2-8-30-25(39)15-4-6-16(7-5-15)45(40,41)35-21(38)3-1-9-33-36-29/h4-7,11-13H,1-3,8-10,14H2,(H,30,39)(H,35,38)(H2,28,31,32). The Bertz CT molecular complexity index is 1910. The molecule has 1 aliphatic heterocycles. The molecule has 0 aliphatic carbocycles. The number of anilines is 1. The number of azide groups is 1. The van der Waals surface area contributed by atoms with Gasteiger partial charge in [-0.1, -0.05) is 16.9 Å². The van der Waals surface area contributed by atoms with E-state index in [0.717, 1.165) is 8.47 Å². The van der Waals surface area contributed by atoms with Crippen LogP contribution in [0.25, 0.3) is 21.6 Å². The van der Waals surface area contributed by atoms with Gasteiger partial charge in [-0.3, -0.25) is 9.59 Å². The molecule has 0 saturated heterocycles. The molecular formula is C26H25IN10O6S2. The zero-order chi connectivity index (χ0) is 32.0. The second-order valence-electron chi connectivity index (χ2n) is 9.44. The number of nitrogens with zero attached hydrogens (tertiary/aromatic N) is 7. The van der Waals surface area contributed by atoms with Crippen LogP contribution < -0.4 is 25.2 Å². The van der Waals surface area contributed by atoms with E-state index < -0.39 is 21.8 Å². The van der Waals surface area contributed by atoms with Gasteiger partial charge in [0, 0.05) is 45.0 Å². The van der Waals surface area contributed by atoms with Gasteiger partial charge in [0.2, 0.25) is 12.7 Å². The lowest BCUT2D eigenvalue weighted by atomic mass is 10.2. The Hall–Kier alpha value is -4.33. The largest absolute Gasteiger partial charge is 0.454 e. The Balaban J connectivity index is 1.20. The number of aryl methyl sites for hydroxylation is 1. The van der Waals surface area contributed by atoms with Gasteiger partial charge in [0.05, 0.1) is 4.90 Å². The fourth-order valence-corrected chi connectivity index (χ4v) is 6.96. The van der Waals surface area contributed by atoms with Crippen molar-refractivity contribution in [3.8, 4) is 11.5 Å². The zero-order valence-corrected chi connectivity index (χ0v) is 27.1. The number of imidazole rings is 1. The summed E-state index contributed by atoms with van der Waals surface area (Å²) in [4.78, 5) is 41.2. The number of ether oxygens (including phenoxy) is 2. The molecule has 0 saturated carbocycles. The molecule has 5 rings (SSSR count). The summed E-state index contributed by atoms with van der Waals surface area (Å²) >= 11 is 3.65. The molecule has 45 heavy (non-hydrogen) atoms. The number of fused-ring (bicyclic) bond motifs is 2. The summed E-state index contributed by atoms with van der Waals surface area (Å²) in [6.45, 7) is 1.00. The lowest BCUT2D eigenvalue weighted by Gasteiger charge is -2.11. The van der Waals surface area contributed by atoms with Crippen molar-refractivity contribution in [2.24, 2.45) is 5.11 Å². The van der Waals surface area contributed by atoms with E-state index in [-0.39, 0.29) is 42.5 Å². The van der Waals surface area contributed by atoms with E-state index in [2.05, 4.69) is 47.9 Å². The molecule has 0 radical (unpaired) electrons. The van der Waals surface area contributed by atoms with Crippen LogP contribution in [0.1, 0.15) is 29.6 Å². The van der Waals surface area contributed by atoms with Gasteiger partial charge in [0.25, 0.3) is 15.9 Å². The van der Waals surface area contributed by atoms with Gasteiger partial charge in [-0.2, -0.15) is 0 Å². The summed E-state index contributed by atoms with van der Waals surface area (Å²) in [5, 5.41) is 6.77. The van der Waals surface area contributed by atoms with Crippen LogP contribution in [-0.4, -0.2) is 59.6 Å². The van der Waals surface area contributed by atoms with Crippen LogP contribution in [0.5, 0.6) is 11.5 Å². The number of halogens is 1. The maximum absolute atomic E-state index is 12.8. The van der Waals surface area contributed by atoms with E-state index in [9.17, 15) is 18.0 Å². The molecule has 0 spiro atoms. The van der Waals surface area contributed by atoms with E-state index in [1.54, 1.807) is 0 Å². The van der Waals surface area contributed by atoms with Crippen LogP contribution in [0.15, 0.2) is 62.8 Å². The predicted molar refractivity (Wildman–Crippen MR) is 171 cm³/mol. The first-order valence-electron chi connectivity index (χ1n) is 13.3. The smallest absolute Gasteiger partial charge is 0.264 e. The van der Waals surface area contributed by atoms with Crippen molar-refractivity contribution in [1.82, 2.24) is 29.6 Å². The van der Waals surface area contributed by atoms with Crippen molar-refractivity contribution in [1.29, 1.82) is 0 Å². The SMILES string of the molecule is [N-]=[N+]=NCCCC(=O)NS(=O)(=O)c1ccc(C(=O)NCCCn2c(Sc3cc4c(cc3I)OCO4)nc3c(N)ncnc32)cc1. The fourth-order valence-electron chi connectivity index (χ4n) is 4.23. The number of amides is 2. The fraction of sp³-hybridized carbons (Fsp3) is 0.269. The van der Waals surface area contributed by atoms with Gasteiger partial charge in [-0.15, -0.1) is 0 Å². The lowest BCUT2D eigenvalue weighted by Crippen LogP contribution is -2.30. The van der Waals surface area contributed by atoms with Crippen molar-refractivity contribution in [3.05, 3.63) is 62.3 Å². The Morgan fingerprint density at radius 3 is 2.67 bits per heavy atom. The Kier molecular flexibility index (Phi) is 10.1. The molecule has 234 valence electrons. The van der Waals surface area contributed by atoms with E-state index in [4.69, 9.17) is 25.7 Å². The molecule has 0 unspecified atom stereocenters. The van der Waals surface area contributed by atoms with E-state index in [1.165, 1.54) is 42.4 Å². The number of hydrogen-bond acceptors (Lipinski definition) is 12. The summed E-state index contributed by atoms with van der Waals surface area (Å²) < 4.78 is 40.8. The highest BCUT2D eigenvalue weighted by Crippen LogP contribution is 2.41. The quantitative estimate of drug-likeness (QED) is 0.0586. The highest BCUT2D eigenvalue weighted by molar-refractivity contribution is 14.1. The van der Waals surface area contributed by atoms with Gasteiger partial charge < -0.3 is 25.1 Å². The molecular weight excluding hydrogens is 739 g/mol. The summed E-state index contributed by atoms with van der Waals surface area (Å²) in [5.41, 5.74) is 15.6. The Morgan fingerprint density at radius 2 is 1.91 bits per heavy atom. The predicted octanol–water partition coefficient (Wildman–Crippen LogP) is 3.61. The first-order valence-corrected chi connectivity index (χ1v) is 16.7. The number of aromatic nitrogens is 4. The average Bonchev–Trinajstić information content (AvgIpc) is 3.62. The molecule has 19 heteroatoms. The number of sulfonamides is 1. The normalized spacial score (nSPS) is 12.1. The third-order valence-corrected chi connectivity index (χ3v) is 10.1. The van der Waals surface area contributed by atoms with Crippen LogP contribution in [0.3, 0.4) is 0 Å². The van der Waals surface area contributed by atoms with E-state index in [0.29, 0.717) is 47.3 Å². The van der Waals surface area contributed by atoms with Gasteiger partial charge in [0.1, 0.15) is 6.33 Å².